The van der Waals surface area contributed by atoms with E-state index in [1.807, 2.05) is 0 Å². The largest absolute Gasteiger partial charge is 0.370 e. The lowest BCUT2D eigenvalue weighted by atomic mass is 9.90. The summed E-state index contributed by atoms with van der Waals surface area (Å²) in [4.78, 5) is 21.0. The van der Waals surface area contributed by atoms with Crippen LogP contribution in [0.3, 0.4) is 0 Å². The second-order valence-corrected chi connectivity index (χ2v) is 11.2. The van der Waals surface area contributed by atoms with Gasteiger partial charge in [-0.25, -0.2) is 15.0 Å². The topological polar surface area (TPSA) is 54.4 Å². The average molecular weight is 468 g/mol. The van der Waals surface area contributed by atoms with Gasteiger partial charge in [0.05, 0.1) is 22.4 Å². The van der Waals surface area contributed by atoms with E-state index in [4.69, 9.17) is 19.7 Å². The monoisotopic (exact) mass is 467 g/mol. The Bertz CT molecular complexity index is 1130. The summed E-state index contributed by atoms with van der Waals surface area (Å²) in [5.41, 5.74) is 3.56. The van der Waals surface area contributed by atoms with Crippen molar-refractivity contribution in [1.29, 1.82) is 0 Å². The number of hydrogen-bond donors (Lipinski definition) is 0. The van der Waals surface area contributed by atoms with Gasteiger partial charge in [0.15, 0.2) is 0 Å². The molecule has 6 nitrogen and oxygen atoms in total. The van der Waals surface area contributed by atoms with Crippen molar-refractivity contribution < 1.29 is 4.74 Å². The van der Waals surface area contributed by atoms with Crippen LogP contribution in [0.25, 0.3) is 20.4 Å². The van der Waals surface area contributed by atoms with Gasteiger partial charge in [0.2, 0.25) is 0 Å². The minimum Gasteiger partial charge on any atom is -0.370 e. The lowest BCUT2D eigenvalue weighted by Crippen LogP contribution is -2.33. The molecular formula is C26H37N5OS. The van der Waals surface area contributed by atoms with Crippen LogP contribution in [0.2, 0.25) is 0 Å². The smallest absolute Gasteiger partial charge is 0.150 e. The number of fused-ring (bicyclic) bond motifs is 5. The number of ether oxygens (including phenoxy) is 1. The average Bonchev–Trinajstić information content (AvgIpc) is 3.46. The molecule has 0 radical (unpaired) electrons. The molecule has 1 fully saturated rings. The molecule has 0 unspecified atom stereocenters. The number of rotatable bonds is 8. The predicted octanol–water partition coefficient (Wildman–Crippen LogP) is 6.10. The quantitative estimate of drug-likeness (QED) is 0.399. The molecule has 0 amide bonds. The molecule has 0 aromatic carbocycles. The van der Waals surface area contributed by atoms with E-state index in [1.54, 1.807) is 17.7 Å². The fraction of sp³-hybridized carbons (Fsp3) is 0.654. The molecule has 0 spiro atoms. The second-order valence-electron chi connectivity index (χ2n) is 10.2. The first-order valence-electron chi connectivity index (χ1n) is 12.7. The van der Waals surface area contributed by atoms with Crippen LogP contribution in [0, 0.1) is 0 Å². The van der Waals surface area contributed by atoms with Crippen LogP contribution in [0.1, 0.15) is 77.3 Å². The number of pyridine rings is 1. The first kappa shape index (κ1) is 22.8. The maximum atomic E-state index is 6.28. The normalized spacial score (nSPS) is 17.8. The van der Waals surface area contributed by atoms with Crippen molar-refractivity contribution in [3.63, 3.8) is 0 Å². The molecule has 3 aromatic rings. The van der Waals surface area contributed by atoms with Crippen LogP contribution < -0.4 is 9.80 Å². The summed E-state index contributed by atoms with van der Waals surface area (Å²) in [7, 11) is 0. The van der Waals surface area contributed by atoms with Gasteiger partial charge in [-0.3, -0.25) is 0 Å². The second kappa shape index (κ2) is 9.34. The van der Waals surface area contributed by atoms with E-state index >= 15 is 0 Å². The van der Waals surface area contributed by atoms with Crippen LogP contribution in [0.15, 0.2) is 6.33 Å². The van der Waals surface area contributed by atoms with Gasteiger partial charge in [-0.1, -0.05) is 26.7 Å². The molecular weight excluding hydrogens is 430 g/mol. The van der Waals surface area contributed by atoms with Gasteiger partial charge < -0.3 is 14.5 Å². The van der Waals surface area contributed by atoms with Gasteiger partial charge >= 0.3 is 0 Å². The lowest BCUT2D eigenvalue weighted by molar-refractivity contribution is -0.0395. The number of anilines is 2. The molecule has 5 heterocycles. The molecule has 0 N–H and O–H groups in total. The summed E-state index contributed by atoms with van der Waals surface area (Å²) in [5.74, 6) is 2.23. The Morgan fingerprint density at radius 1 is 1.06 bits per heavy atom. The molecule has 2 aliphatic rings. The SMILES string of the molecule is CCCCN(CCCC)c1ncnc2c1sc1nc(N3CCCC3)c3c(c12)CC(C)(C)OC3. The van der Waals surface area contributed by atoms with Crippen molar-refractivity contribution in [2.45, 2.75) is 84.8 Å². The van der Waals surface area contributed by atoms with Crippen molar-refractivity contribution in [2.75, 3.05) is 36.0 Å². The Kier molecular flexibility index (Phi) is 6.45. The summed E-state index contributed by atoms with van der Waals surface area (Å²) >= 11 is 1.78. The highest BCUT2D eigenvalue weighted by molar-refractivity contribution is 7.26. The molecule has 7 heteroatoms. The van der Waals surface area contributed by atoms with Crippen molar-refractivity contribution in [3.8, 4) is 0 Å². The van der Waals surface area contributed by atoms with Gasteiger partial charge in [-0.05, 0) is 45.1 Å². The fourth-order valence-electron chi connectivity index (χ4n) is 5.21. The molecule has 0 aliphatic carbocycles. The maximum absolute atomic E-state index is 6.28. The van der Waals surface area contributed by atoms with Gasteiger partial charge in [0.25, 0.3) is 0 Å². The van der Waals surface area contributed by atoms with Crippen molar-refractivity contribution in [1.82, 2.24) is 15.0 Å². The minimum atomic E-state index is -0.179. The third-order valence-corrected chi connectivity index (χ3v) is 8.12. The Morgan fingerprint density at radius 3 is 2.48 bits per heavy atom. The summed E-state index contributed by atoms with van der Waals surface area (Å²) in [5, 5.41) is 1.24. The number of hydrogen-bond acceptors (Lipinski definition) is 7. The van der Waals surface area contributed by atoms with E-state index in [9.17, 15) is 0 Å². The van der Waals surface area contributed by atoms with Gasteiger partial charge in [0, 0.05) is 43.5 Å². The third kappa shape index (κ3) is 4.30. The molecule has 1 saturated heterocycles. The summed E-state index contributed by atoms with van der Waals surface area (Å²) < 4.78 is 7.47. The minimum absolute atomic E-state index is 0.179. The van der Waals surface area contributed by atoms with Crippen molar-refractivity contribution in [3.05, 3.63) is 17.5 Å². The standard InChI is InChI=1S/C26H37N5OS/c1-5-7-11-31(12-8-6-2)24-22-21(27-17-28-24)20-18-15-26(3,4)32-16-19(18)23(29-25(20)33-22)30-13-9-10-14-30/h17H,5-16H2,1-4H3. The van der Waals surface area contributed by atoms with E-state index in [0.717, 1.165) is 54.6 Å². The Morgan fingerprint density at radius 2 is 1.79 bits per heavy atom. The molecule has 2 aliphatic heterocycles. The molecule has 0 atom stereocenters. The first-order chi connectivity index (χ1) is 16.0. The zero-order valence-corrected chi connectivity index (χ0v) is 21.4. The van der Waals surface area contributed by atoms with Crippen LogP contribution >= 0.6 is 11.3 Å². The van der Waals surface area contributed by atoms with E-state index in [-0.39, 0.29) is 5.60 Å². The summed E-state index contributed by atoms with van der Waals surface area (Å²) in [6, 6.07) is 0. The summed E-state index contributed by atoms with van der Waals surface area (Å²) in [6.45, 7) is 13.8. The molecule has 0 bridgehead atoms. The number of thiophene rings is 1. The van der Waals surface area contributed by atoms with E-state index in [1.165, 1.54) is 59.7 Å². The zero-order valence-electron chi connectivity index (χ0n) is 20.6. The van der Waals surface area contributed by atoms with E-state index < -0.39 is 0 Å². The van der Waals surface area contributed by atoms with Crippen LogP contribution in [-0.2, 0) is 17.8 Å². The van der Waals surface area contributed by atoms with Crippen LogP contribution in [-0.4, -0.2) is 46.7 Å². The number of aromatic nitrogens is 3. The van der Waals surface area contributed by atoms with Crippen molar-refractivity contribution in [2.24, 2.45) is 0 Å². The van der Waals surface area contributed by atoms with Crippen LogP contribution in [0.5, 0.6) is 0 Å². The lowest BCUT2D eigenvalue weighted by Gasteiger charge is -2.34. The zero-order chi connectivity index (χ0) is 23.0. The predicted molar refractivity (Wildman–Crippen MR) is 139 cm³/mol. The van der Waals surface area contributed by atoms with Gasteiger partial charge in [-0.2, -0.15) is 0 Å². The maximum Gasteiger partial charge on any atom is 0.150 e. The Balaban J connectivity index is 1.70. The molecule has 5 rings (SSSR count). The molecule has 0 saturated carbocycles. The highest BCUT2D eigenvalue weighted by atomic mass is 32.1. The van der Waals surface area contributed by atoms with E-state index in [0.29, 0.717) is 6.61 Å². The Hall–Kier alpha value is -1.99. The molecule has 33 heavy (non-hydrogen) atoms. The summed E-state index contributed by atoms with van der Waals surface area (Å²) in [6.07, 6.45) is 9.87. The van der Waals surface area contributed by atoms with Crippen LogP contribution in [0.4, 0.5) is 11.6 Å². The van der Waals surface area contributed by atoms with E-state index in [2.05, 4.69) is 37.5 Å². The first-order valence-corrected chi connectivity index (χ1v) is 13.6. The van der Waals surface area contributed by atoms with Gasteiger partial charge in [-0.15, -0.1) is 11.3 Å². The highest BCUT2D eigenvalue weighted by Gasteiger charge is 2.33. The molecule has 3 aromatic heterocycles. The third-order valence-electron chi connectivity index (χ3n) is 7.06. The Labute approximate surface area is 201 Å². The van der Waals surface area contributed by atoms with Gasteiger partial charge in [0.1, 0.15) is 22.8 Å². The van der Waals surface area contributed by atoms with Crippen molar-refractivity contribution >= 4 is 43.4 Å². The highest BCUT2D eigenvalue weighted by Crippen LogP contribution is 2.44. The number of unbranched alkanes of at least 4 members (excludes halogenated alkanes) is 2. The fourth-order valence-corrected chi connectivity index (χ4v) is 6.39. The molecule has 178 valence electrons. The number of nitrogens with zero attached hydrogens (tertiary/aromatic N) is 5.